The molecule has 0 amide bonds. The van der Waals surface area contributed by atoms with E-state index in [0.717, 1.165) is 0 Å². The first-order chi connectivity index (χ1) is 12.5. The number of benzene rings is 2. The third-order valence-electron chi connectivity index (χ3n) is 2.46. The van der Waals surface area contributed by atoms with Crippen molar-refractivity contribution in [1.82, 2.24) is 0 Å². The standard InChI is InChI=1S/2C7H6O2.2C2H8N2.Co/c2*8-5-6-3-1-2-4-7(6)9;2*3-1-2-4;/h2*1-5,9H;2*1-4H2;. The molecule has 0 heterocycles. The molecule has 2 rings (SSSR count). The average molecular weight is 423 g/mol. The van der Waals surface area contributed by atoms with Crippen molar-refractivity contribution < 1.29 is 36.6 Å². The van der Waals surface area contributed by atoms with Crippen LogP contribution in [0.1, 0.15) is 20.7 Å². The van der Waals surface area contributed by atoms with Crippen LogP contribution in [0, 0.1) is 0 Å². The molecule has 0 spiro atoms. The van der Waals surface area contributed by atoms with Crippen LogP contribution in [0.5, 0.6) is 11.5 Å². The van der Waals surface area contributed by atoms with E-state index in [1.165, 1.54) is 12.1 Å². The molecule has 0 aliphatic carbocycles. The fraction of sp³-hybridized carbons (Fsp3) is 0.222. The Labute approximate surface area is 169 Å². The van der Waals surface area contributed by atoms with E-state index in [9.17, 15) is 9.59 Å². The number of phenols is 2. The number of rotatable bonds is 4. The van der Waals surface area contributed by atoms with Crippen molar-refractivity contribution in [3.05, 3.63) is 59.7 Å². The SMILES string of the molecule is NCCN.NCCN.O=Cc1ccccc1O.O=Cc1ccccc1O.[Co]. The number of hydrogen-bond acceptors (Lipinski definition) is 8. The molecule has 0 saturated heterocycles. The number of nitrogens with two attached hydrogens (primary N) is 4. The van der Waals surface area contributed by atoms with E-state index in [-0.39, 0.29) is 28.3 Å². The van der Waals surface area contributed by atoms with Crippen molar-refractivity contribution in [2.45, 2.75) is 0 Å². The molecule has 0 unspecified atom stereocenters. The summed E-state index contributed by atoms with van der Waals surface area (Å²) in [6.07, 6.45) is 1.24. The third-order valence-corrected chi connectivity index (χ3v) is 2.46. The summed E-state index contributed by atoms with van der Waals surface area (Å²) < 4.78 is 0. The molecule has 2 aromatic rings. The van der Waals surface area contributed by atoms with Gasteiger partial charge in [0.15, 0.2) is 12.6 Å². The Morgan fingerprint density at radius 2 is 0.889 bits per heavy atom. The number of phenolic OH excluding ortho intramolecular Hbond substituents is 2. The number of carbonyl (C=O) groups is 2. The largest absolute Gasteiger partial charge is 0.507 e. The van der Waals surface area contributed by atoms with E-state index in [0.29, 0.717) is 49.9 Å². The zero-order valence-electron chi connectivity index (χ0n) is 15.0. The second kappa shape index (κ2) is 21.8. The third kappa shape index (κ3) is 16.9. The first kappa shape index (κ1) is 29.5. The van der Waals surface area contributed by atoms with Gasteiger partial charge in [-0.3, -0.25) is 9.59 Å². The van der Waals surface area contributed by atoms with Gasteiger partial charge in [-0.15, -0.1) is 0 Å². The second-order valence-corrected chi connectivity index (χ2v) is 4.51. The molecule has 8 nitrogen and oxygen atoms in total. The Balaban J connectivity index is -0.000000303. The zero-order chi connectivity index (χ0) is 20.2. The van der Waals surface area contributed by atoms with Gasteiger partial charge in [0.1, 0.15) is 11.5 Å². The van der Waals surface area contributed by atoms with Gasteiger partial charge >= 0.3 is 0 Å². The topological polar surface area (TPSA) is 179 Å². The smallest absolute Gasteiger partial charge is 0.153 e. The Hall–Kier alpha value is -2.27. The summed E-state index contributed by atoms with van der Waals surface area (Å²) in [5.74, 6) is 0.0694. The van der Waals surface area contributed by atoms with Crippen LogP contribution < -0.4 is 22.9 Å². The van der Waals surface area contributed by atoms with Crippen LogP contribution in [0.15, 0.2) is 48.5 Å². The maximum Gasteiger partial charge on any atom is 0.153 e. The van der Waals surface area contributed by atoms with Crippen LogP contribution in [-0.4, -0.2) is 49.0 Å². The van der Waals surface area contributed by atoms with E-state index < -0.39 is 0 Å². The van der Waals surface area contributed by atoms with Gasteiger partial charge in [0.05, 0.1) is 11.1 Å². The minimum Gasteiger partial charge on any atom is -0.507 e. The van der Waals surface area contributed by atoms with E-state index in [1.54, 1.807) is 36.4 Å². The fourth-order valence-electron chi connectivity index (χ4n) is 1.17. The first-order valence-electron chi connectivity index (χ1n) is 7.78. The summed E-state index contributed by atoms with van der Waals surface area (Å²) >= 11 is 0. The molecular formula is C18H28CoN4O4. The van der Waals surface area contributed by atoms with Crippen LogP contribution >= 0.6 is 0 Å². The van der Waals surface area contributed by atoms with Gasteiger partial charge < -0.3 is 33.1 Å². The first-order valence-corrected chi connectivity index (χ1v) is 7.78. The quantitative estimate of drug-likeness (QED) is 0.378. The minimum absolute atomic E-state index is 0. The molecule has 0 aliphatic rings. The Morgan fingerprint density at radius 3 is 1.04 bits per heavy atom. The van der Waals surface area contributed by atoms with E-state index in [4.69, 9.17) is 33.1 Å². The molecule has 0 aromatic heterocycles. The number of aromatic hydroxyl groups is 2. The van der Waals surface area contributed by atoms with Gasteiger partial charge in [-0.2, -0.15) is 0 Å². The van der Waals surface area contributed by atoms with Crippen LogP contribution in [0.4, 0.5) is 0 Å². The number of para-hydroxylation sites is 2. The predicted octanol–water partition coefficient (Wildman–Crippen LogP) is 0.215. The Bertz CT molecular complexity index is 558. The average Bonchev–Trinajstić information content (AvgIpc) is 2.69. The van der Waals surface area contributed by atoms with Crippen LogP contribution in [0.3, 0.4) is 0 Å². The van der Waals surface area contributed by atoms with Crippen molar-refractivity contribution in [3.63, 3.8) is 0 Å². The van der Waals surface area contributed by atoms with Gasteiger partial charge in [0, 0.05) is 43.0 Å². The molecule has 27 heavy (non-hydrogen) atoms. The number of hydrogen-bond donors (Lipinski definition) is 6. The molecule has 0 atom stereocenters. The van der Waals surface area contributed by atoms with Crippen LogP contribution in [0.2, 0.25) is 0 Å². The van der Waals surface area contributed by atoms with Gasteiger partial charge in [0.25, 0.3) is 0 Å². The van der Waals surface area contributed by atoms with Gasteiger partial charge in [-0.05, 0) is 24.3 Å². The van der Waals surface area contributed by atoms with Crippen molar-refractivity contribution >= 4 is 12.6 Å². The van der Waals surface area contributed by atoms with Crippen molar-refractivity contribution in [1.29, 1.82) is 0 Å². The van der Waals surface area contributed by atoms with Crippen molar-refractivity contribution in [2.75, 3.05) is 26.2 Å². The summed E-state index contributed by atoms with van der Waals surface area (Å²) in [4.78, 5) is 20.1. The molecule has 0 saturated carbocycles. The van der Waals surface area contributed by atoms with Gasteiger partial charge in [-0.1, -0.05) is 24.3 Å². The Morgan fingerprint density at radius 1 is 0.630 bits per heavy atom. The van der Waals surface area contributed by atoms with E-state index in [2.05, 4.69) is 0 Å². The molecule has 2 aromatic carbocycles. The molecule has 1 radical (unpaired) electrons. The van der Waals surface area contributed by atoms with E-state index in [1.807, 2.05) is 0 Å². The normalized spacial score (nSPS) is 8.15. The summed E-state index contributed by atoms with van der Waals surface area (Å²) in [7, 11) is 0. The van der Waals surface area contributed by atoms with Crippen LogP contribution in [0.25, 0.3) is 0 Å². The summed E-state index contributed by atoms with van der Waals surface area (Å²) in [6.45, 7) is 2.39. The minimum atomic E-state index is 0. The summed E-state index contributed by atoms with van der Waals surface area (Å²) in [5.41, 5.74) is 20.3. The Kier molecular flexibility index (Phi) is 23.8. The predicted molar refractivity (Wildman–Crippen MR) is 103 cm³/mol. The van der Waals surface area contributed by atoms with E-state index >= 15 is 0 Å². The summed E-state index contributed by atoms with van der Waals surface area (Å²) in [5, 5.41) is 17.8. The molecule has 153 valence electrons. The molecule has 0 bridgehead atoms. The zero-order valence-corrected chi connectivity index (χ0v) is 16.0. The molecule has 10 N–H and O–H groups in total. The number of carbonyl (C=O) groups excluding carboxylic acids is 2. The van der Waals surface area contributed by atoms with Gasteiger partial charge in [-0.25, -0.2) is 0 Å². The maximum atomic E-state index is 10.1. The molecule has 0 aliphatic heterocycles. The molecular weight excluding hydrogens is 395 g/mol. The van der Waals surface area contributed by atoms with Crippen molar-refractivity contribution in [3.8, 4) is 11.5 Å². The molecule has 9 heteroatoms. The van der Waals surface area contributed by atoms with Crippen LogP contribution in [-0.2, 0) is 16.8 Å². The number of aldehydes is 2. The van der Waals surface area contributed by atoms with Crippen molar-refractivity contribution in [2.24, 2.45) is 22.9 Å². The second-order valence-electron chi connectivity index (χ2n) is 4.51. The molecule has 0 fully saturated rings. The fourth-order valence-corrected chi connectivity index (χ4v) is 1.17. The summed E-state index contributed by atoms with van der Waals surface area (Å²) in [6, 6.07) is 12.8. The maximum absolute atomic E-state index is 10.1. The van der Waals surface area contributed by atoms with Gasteiger partial charge in [0.2, 0.25) is 0 Å². The monoisotopic (exact) mass is 423 g/mol.